The Morgan fingerprint density at radius 1 is 1.31 bits per heavy atom. The highest BCUT2D eigenvalue weighted by Crippen LogP contribution is 2.30. The van der Waals surface area contributed by atoms with Crippen molar-refractivity contribution in [2.24, 2.45) is 5.73 Å². The van der Waals surface area contributed by atoms with Crippen LogP contribution in [0.4, 0.5) is 0 Å². The van der Waals surface area contributed by atoms with Crippen molar-refractivity contribution in [3.8, 4) is 11.5 Å². The van der Waals surface area contributed by atoms with E-state index in [9.17, 15) is 4.79 Å². The molecule has 6 heteroatoms. The van der Waals surface area contributed by atoms with Gasteiger partial charge in [-0.3, -0.25) is 10.1 Å². The zero-order valence-electron chi connectivity index (χ0n) is 8.36. The summed E-state index contributed by atoms with van der Waals surface area (Å²) in [5.74, 6) is 0.837. The summed E-state index contributed by atoms with van der Waals surface area (Å²) in [7, 11) is 0. The van der Waals surface area contributed by atoms with Crippen molar-refractivity contribution in [1.82, 2.24) is 5.32 Å². The molecule has 0 fully saturated rings. The maximum Gasteiger partial charge on any atom is 0.257 e. The molecule has 16 heavy (non-hydrogen) atoms. The zero-order valence-corrected chi connectivity index (χ0v) is 9.17. The predicted octanol–water partition coefficient (Wildman–Crippen LogP) is 0.431. The molecule has 1 amide bonds. The van der Waals surface area contributed by atoms with Crippen LogP contribution in [0.3, 0.4) is 0 Å². The predicted molar refractivity (Wildman–Crippen MR) is 61.7 cm³/mol. The Balaban J connectivity index is 2.23. The molecule has 1 aromatic carbocycles. The number of amides is 1. The van der Waals surface area contributed by atoms with E-state index in [4.69, 9.17) is 15.2 Å². The Morgan fingerprint density at radius 3 is 2.69 bits per heavy atom. The summed E-state index contributed by atoms with van der Waals surface area (Å²) in [5.41, 5.74) is 5.64. The number of hydrogen-bond acceptors (Lipinski definition) is 4. The van der Waals surface area contributed by atoms with E-state index in [-0.39, 0.29) is 11.0 Å². The van der Waals surface area contributed by atoms with Gasteiger partial charge in [-0.1, -0.05) is 0 Å². The number of ether oxygens (including phenoxy) is 2. The lowest BCUT2D eigenvalue weighted by molar-refractivity contribution is 0.0976. The van der Waals surface area contributed by atoms with Crippen LogP contribution in [0, 0.1) is 0 Å². The fourth-order valence-electron chi connectivity index (χ4n) is 1.37. The molecule has 1 heterocycles. The topological polar surface area (TPSA) is 73.6 Å². The van der Waals surface area contributed by atoms with E-state index >= 15 is 0 Å². The first kappa shape index (κ1) is 10.7. The van der Waals surface area contributed by atoms with Gasteiger partial charge in [0.15, 0.2) is 16.6 Å². The Hall–Kier alpha value is -1.82. The molecular formula is C10H10N2O3S. The summed E-state index contributed by atoms with van der Waals surface area (Å²) >= 11 is 4.58. The molecule has 0 aliphatic carbocycles. The molecule has 0 aromatic heterocycles. The van der Waals surface area contributed by atoms with Crippen LogP contribution < -0.4 is 20.5 Å². The number of carbonyl (C=O) groups excluding carboxylic acids is 1. The summed E-state index contributed by atoms with van der Waals surface area (Å²) in [6, 6.07) is 4.91. The number of nitrogens with two attached hydrogens (primary N) is 1. The van der Waals surface area contributed by atoms with E-state index in [1.54, 1.807) is 18.2 Å². The van der Waals surface area contributed by atoms with Crippen LogP contribution in [-0.2, 0) is 0 Å². The van der Waals surface area contributed by atoms with Gasteiger partial charge >= 0.3 is 0 Å². The largest absolute Gasteiger partial charge is 0.486 e. The van der Waals surface area contributed by atoms with Crippen LogP contribution in [0.15, 0.2) is 18.2 Å². The number of fused-ring (bicyclic) bond motifs is 1. The lowest BCUT2D eigenvalue weighted by Gasteiger charge is -2.18. The van der Waals surface area contributed by atoms with Crippen molar-refractivity contribution < 1.29 is 14.3 Å². The molecule has 1 aliphatic heterocycles. The highest BCUT2D eigenvalue weighted by Gasteiger charge is 2.14. The number of hydrogen-bond donors (Lipinski definition) is 2. The fraction of sp³-hybridized carbons (Fsp3) is 0.200. The molecule has 0 saturated carbocycles. The van der Waals surface area contributed by atoms with Gasteiger partial charge in [-0.15, -0.1) is 0 Å². The molecule has 2 rings (SSSR count). The monoisotopic (exact) mass is 238 g/mol. The lowest BCUT2D eigenvalue weighted by Crippen LogP contribution is -2.34. The van der Waals surface area contributed by atoms with Crippen LogP contribution >= 0.6 is 12.2 Å². The van der Waals surface area contributed by atoms with Gasteiger partial charge in [-0.25, -0.2) is 0 Å². The van der Waals surface area contributed by atoms with Crippen molar-refractivity contribution in [3.63, 3.8) is 0 Å². The molecule has 0 atom stereocenters. The second-order valence-corrected chi connectivity index (χ2v) is 3.62. The standard InChI is InChI=1S/C10H10N2O3S/c11-10(16)12-9(13)6-1-2-7-8(5-6)15-4-3-14-7/h1-2,5H,3-4H2,(H3,11,12,13,16). The fourth-order valence-corrected chi connectivity index (χ4v) is 1.46. The summed E-state index contributed by atoms with van der Waals surface area (Å²) in [6.45, 7) is 0.999. The minimum absolute atomic E-state index is 0.0557. The summed E-state index contributed by atoms with van der Waals surface area (Å²) < 4.78 is 10.7. The maximum absolute atomic E-state index is 11.6. The third-order valence-electron chi connectivity index (χ3n) is 2.04. The van der Waals surface area contributed by atoms with Crippen LogP contribution in [0.5, 0.6) is 11.5 Å². The van der Waals surface area contributed by atoms with Crippen molar-refractivity contribution in [3.05, 3.63) is 23.8 Å². The number of rotatable bonds is 1. The molecule has 1 aliphatic rings. The van der Waals surface area contributed by atoms with E-state index in [2.05, 4.69) is 17.5 Å². The minimum atomic E-state index is -0.357. The lowest BCUT2D eigenvalue weighted by atomic mass is 10.2. The molecule has 3 N–H and O–H groups in total. The van der Waals surface area contributed by atoms with Crippen LogP contribution in [0.1, 0.15) is 10.4 Å². The van der Waals surface area contributed by atoms with Crippen molar-refractivity contribution in [1.29, 1.82) is 0 Å². The van der Waals surface area contributed by atoms with E-state index in [0.717, 1.165) is 0 Å². The normalized spacial score (nSPS) is 13.0. The Bertz CT molecular complexity index is 448. The number of thiocarbonyl (C=S) groups is 1. The average Bonchev–Trinajstić information content (AvgIpc) is 2.27. The van der Waals surface area contributed by atoms with E-state index in [0.29, 0.717) is 30.3 Å². The molecule has 0 saturated heterocycles. The van der Waals surface area contributed by atoms with Gasteiger partial charge in [0, 0.05) is 5.56 Å². The zero-order chi connectivity index (χ0) is 11.5. The Labute approximate surface area is 97.5 Å². The van der Waals surface area contributed by atoms with Gasteiger partial charge in [0.2, 0.25) is 0 Å². The molecule has 0 unspecified atom stereocenters. The SMILES string of the molecule is NC(=S)NC(=O)c1ccc2c(c1)OCCO2. The highest BCUT2D eigenvalue weighted by atomic mass is 32.1. The number of benzene rings is 1. The first-order valence-corrected chi connectivity index (χ1v) is 5.08. The second kappa shape index (κ2) is 4.36. The van der Waals surface area contributed by atoms with Gasteiger partial charge in [-0.05, 0) is 30.4 Å². The second-order valence-electron chi connectivity index (χ2n) is 3.18. The van der Waals surface area contributed by atoms with E-state index in [1.807, 2.05) is 0 Å². The molecule has 0 bridgehead atoms. The van der Waals surface area contributed by atoms with Gasteiger partial charge < -0.3 is 15.2 Å². The van der Waals surface area contributed by atoms with Crippen molar-refractivity contribution >= 4 is 23.2 Å². The first-order chi connectivity index (χ1) is 7.66. The summed E-state index contributed by atoms with van der Waals surface area (Å²) in [6.07, 6.45) is 0. The highest BCUT2D eigenvalue weighted by molar-refractivity contribution is 7.80. The molecule has 0 spiro atoms. The smallest absolute Gasteiger partial charge is 0.257 e. The number of carbonyl (C=O) groups is 1. The average molecular weight is 238 g/mol. The summed E-state index contributed by atoms with van der Waals surface area (Å²) in [5, 5.41) is 2.28. The molecule has 1 aromatic rings. The first-order valence-electron chi connectivity index (χ1n) is 4.67. The number of nitrogens with one attached hydrogen (secondary N) is 1. The van der Waals surface area contributed by atoms with Gasteiger partial charge in [0.1, 0.15) is 13.2 Å². The van der Waals surface area contributed by atoms with Gasteiger partial charge in [-0.2, -0.15) is 0 Å². The van der Waals surface area contributed by atoms with Gasteiger partial charge in [0.25, 0.3) is 5.91 Å². The third-order valence-corrected chi connectivity index (χ3v) is 2.14. The molecule has 0 radical (unpaired) electrons. The van der Waals surface area contributed by atoms with Crippen LogP contribution in [0.25, 0.3) is 0 Å². The van der Waals surface area contributed by atoms with Gasteiger partial charge in [0.05, 0.1) is 0 Å². The van der Waals surface area contributed by atoms with E-state index < -0.39 is 0 Å². The van der Waals surface area contributed by atoms with E-state index in [1.165, 1.54) is 0 Å². The third kappa shape index (κ3) is 2.22. The molecule has 5 nitrogen and oxygen atoms in total. The maximum atomic E-state index is 11.6. The van der Waals surface area contributed by atoms with Crippen molar-refractivity contribution in [2.45, 2.75) is 0 Å². The van der Waals surface area contributed by atoms with Crippen LogP contribution in [-0.4, -0.2) is 24.2 Å². The Kier molecular flexibility index (Phi) is 2.91. The molecular weight excluding hydrogens is 228 g/mol. The quantitative estimate of drug-likeness (QED) is 0.694. The van der Waals surface area contributed by atoms with Crippen LogP contribution in [0.2, 0.25) is 0 Å². The van der Waals surface area contributed by atoms with Crippen molar-refractivity contribution in [2.75, 3.05) is 13.2 Å². The molecule has 84 valence electrons. The minimum Gasteiger partial charge on any atom is -0.486 e. The summed E-state index contributed by atoms with van der Waals surface area (Å²) in [4.78, 5) is 11.6. The Morgan fingerprint density at radius 2 is 2.00 bits per heavy atom.